The summed E-state index contributed by atoms with van der Waals surface area (Å²) in [4.78, 5) is 0. The Morgan fingerprint density at radius 1 is 0.917 bits per heavy atom. The first kappa shape index (κ1) is 12.3. The second-order valence-corrected chi connectivity index (χ2v) is 6.07. The first-order valence-electron chi connectivity index (χ1n) is 5.14. The average molecular weight is 188 g/mol. The molecule has 0 saturated heterocycles. The van der Waals surface area contributed by atoms with Crippen LogP contribution in [0.5, 0.6) is 0 Å². The molecule has 0 spiro atoms. The monoisotopic (exact) mass is 188 g/mol. The number of rotatable bonds is 6. The Morgan fingerprint density at radius 2 is 1.50 bits per heavy atom. The lowest BCUT2D eigenvalue weighted by Crippen LogP contribution is -2.03. The Balaban J connectivity index is 3.27. The number of hydrogen-bond donors (Lipinski definition) is 0. The van der Waals surface area contributed by atoms with E-state index in [-0.39, 0.29) is 0 Å². The molecular weight excluding hydrogens is 164 g/mol. The molecule has 0 nitrogen and oxygen atoms in total. The average Bonchev–Trinajstić information content (AvgIpc) is 1.96. The van der Waals surface area contributed by atoms with Crippen molar-refractivity contribution in [2.45, 2.75) is 52.7 Å². The molecule has 1 atom stereocenters. The first-order chi connectivity index (χ1) is 5.52. The maximum absolute atomic E-state index is 2.37. The molecule has 12 heavy (non-hydrogen) atoms. The van der Waals surface area contributed by atoms with Gasteiger partial charge in [0.2, 0.25) is 0 Å². The quantitative estimate of drug-likeness (QED) is 0.602. The van der Waals surface area contributed by atoms with Gasteiger partial charge in [0, 0.05) is 0 Å². The molecule has 0 bridgehead atoms. The third-order valence-electron chi connectivity index (χ3n) is 1.95. The van der Waals surface area contributed by atoms with Crippen molar-refractivity contribution in [3.8, 4) is 0 Å². The summed E-state index contributed by atoms with van der Waals surface area (Å²) >= 11 is 2.09. The molecule has 0 aliphatic rings. The second kappa shape index (κ2) is 6.82. The normalized spacial score (nSPS) is 14.2. The highest BCUT2D eigenvalue weighted by Gasteiger charge is 2.04. The number of hydrogen-bond acceptors (Lipinski definition) is 1. The molecule has 0 N–H and O–H groups in total. The fourth-order valence-corrected chi connectivity index (χ4v) is 1.94. The molecule has 0 aromatic heterocycles. The first-order valence-corrected chi connectivity index (χ1v) is 6.18. The van der Waals surface area contributed by atoms with Crippen LogP contribution in [0.25, 0.3) is 0 Å². The van der Waals surface area contributed by atoms with Crippen molar-refractivity contribution in [3.63, 3.8) is 0 Å². The SMILES string of the molecule is CC(C)CC[C@@H](C)CSC(C)C. The van der Waals surface area contributed by atoms with E-state index >= 15 is 0 Å². The zero-order chi connectivity index (χ0) is 9.56. The van der Waals surface area contributed by atoms with Gasteiger partial charge in [0.1, 0.15) is 0 Å². The fourth-order valence-electron chi connectivity index (χ4n) is 1.06. The van der Waals surface area contributed by atoms with E-state index in [0.29, 0.717) is 0 Å². The Kier molecular flexibility index (Phi) is 7.02. The molecule has 0 fully saturated rings. The Bertz CT molecular complexity index is 85.2. The maximum atomic E-state index is 2.37. The van der Waals surface area contributed by atoms with Crippen LogP contribution >= 0.6 is 11.8 Å². The van der Waals surface area contributed by atoms with Gasteiger partial charge in [-0.3, -0.25) is 0 Å². The van der Waals surface area contributed by atoms with Crippen LogP contribution in [-0.4, -0.2) is 11.0 Å². The lowest BCUT2D eigenvalue weighted by Gasteiger charge is -2.13. The molecule has 0 aromatic rings. The molecule has 0 saturated carbocycles. The summed E-state index contributed by atoms with van der Waals surface area (Å²) in [5.74, 6) is 3.11. The van der Waals surface area contributed by atoms with Crippen LogP contribution in [0.1, 0.15) is 47.5 Å². The summed E-state index contributed by atoms with van der Waals surface area (Å²) in [5, 5.41) is 0.798. The second-order valence-electron chi connectivity index (χ2n) is 4.46. The van der Waals surface area contributed by atoms with Crippen LogP contribution in [-0.2, 0) is 0 Å². The highest BCUT2D eigenvalue weighted by atomic mass is 32.2. The molecule has 0 unspecified atom stereocenters. The molecule has 0 radical (unpaired) electrons. The van der Waals surface area contributed by atoms with E-state index in [1.807, 2.05) is 0 Å². The smallest absolute Gasteiger partial charge is 0.000958 e. The van der Waals surface area contributed by atoms with Crippen LogP contribution in [0.4, 0.5) is 0 Å². The van der Waals surface area contributed by atoms with Gasteiger partial charge in [-0.1, -0.05) is 41.0 Å². The van der Waals surface area contributed by atoms with E-state index < -0.39 is 0 Å². The summed E-state index contributed by atoms with van der Waals surface area (Å²) in [5.41, 5.74) is 0. The van der Waals surface area contributed by atoms with Gasteiger partial charge in [-0.25, -0.2) is 0 Å². The molecule has 74 valence electrons. The summed E-state index contributed by atoms with van der Waals surface area (Å²) in [6, 6.07) is 0. The van der Waals surface area contributed by atoms with Gasteiger partial charge in [-0.2, -0.15) is 11.8 Å². The molecule has 0 aliphatic heterocycles. The van der Waals surface area contributed by atoms with E-state index in [0.717, 1.165) is 17.1 Å². The lowest BCUT2D eigenvalue weighted by molar-refractivity contribution is 0.480. The Hall–Kier alpha value is 0.350. The zero-order valence-electron chi connectivity index (χ0n) is 9.26. The summed E-state index contributed by atoms with van der Waals surface area (Å²) in [7, 11) is 0. The fraction of sp³-hybridized carbons (Fsp3) is 1.00. The van der Waals surface area contributed by atoms with E-state index in [2.05, 4.69) is 46.4 Å². The molecular formula is C11H24S. The lowest BCUT2D eigenvalue weighted by atomic mass is 10.0. The summed E-state index contributed by atoms with van der Waals surface area (Å²) in [6.07, 6.45) is 2.79. The van der Waals surface area contributed by atoms with Crippen LogP contribution < -0.4 is 0 Å². The molecule has 0 aromatic carbocycles. The number of thioether (sulfide) groups is 1. The van der Waals surface area contributed by atoms with Gasteiger partial charge in [0.05, 0.1) is 0 Å². The topological polar surface area (TPSA) is 0 Å². The largest absolute Gasteiger partial charge is 0.159 e. The van der Waals surface area contributed by atoms with Crippen molar-refractivity contribution in [3.05, 3.63) is 0 Å². The minimum Gasteiger partial charge on any atom is -0.159 e. The minimum absolute atomic E-state index is 0.798. The highest BCUT2D eigenvalue weighted by molar-refractivity contribution is 7.99. The van der Waals surface area contributed by atoms with E-state index in [1.165, 1.54) is 18.6 Å². The summed E-state index contributed by atoms with van der Waals surface area (Å²) < 4.78 is 0. The molecule has 0 amide bonds. The van der Waals surface area contributed by atoms with Crippen molar-refractivity contribution >= 4 is 11.8 Å². The standard InChI is InChI=1S/C11H24S/c1-9(2)6-7-11(5)8-12-10(3)4/h9-11H,6-8H2,1-5H3/t11-/m1/s1. The third-order valence-corrected chi connectivity index (χ3v) is 3.38. The van der Waals surface area contributed by atoms with Crippen molar-refractivity contribution in [1.82, 2.24) is 0 Å². The third kappa shape index (κ3) is 8.45. The Labute approximate surface area is 82.5 Å². The molecule has 1 heteroatoms. The van der Waals surface area contributed by atoms with Crippen LogP contribution in [0.3, 0.4) is 0 Å². The zero-order valence-corrected chi connectivity index (χ0v) is 10.1. The van der Waals surface area contributed by atoms with Crippen molar-refractivity contribution in [2.24, 2.45) is 11.8 Å². The Morgan fingerprint density at radius 3 is 1.92 bits per heavy atom. The molecule has 0 aliphatic carbocycles. The molecule has 0 rings (SSSR count). The van der Waals surface area contributed by atoms with Gasteiger partial charge in [0.15, 0.2) is 0 Å². The van der Waals surface area contributed by atoms with E-state index in [1.54, 1.807) is 0 Å². The van der Waals surface area contributed by atoms with Crippen LogP contribution in [0.15, 0.2) is 0 Å². The highest BCUT2D eigenvalue weighted by Crippen LogP contribution is 2.19. The van der Waals surface area contributed by atoms with Crippen LogP contribution in [0.2, 0.25) is 0 Å². The van der Waals surface area contributed by atoms with Crippen molar-refractivity contribution in [1.29, 1.82) is 0 Å². The van der Waals surface area contributed by atoms with Gasteiger partial charge >= 0.3 is 0 Å². The predicted molar refractivity (Wildman–Crippen MR) is 60.8 cm³/mol. The van der Waals surface area contributed by atoms with Gasteiger partial charge in [-0.15, -0.1) is 0 Å². The van der Waals surface area contributed by atoms with Crippen LogP contribution in [0, 0.1) is 11.8 Å². The van der Waals surface area contributed by atoms with Crippen molar-refractivity contribution < 1.29 is 0 Å². The van der Waals surface area contributed by atoms with Crippen molar-refractivity contribution in [2.75, 3.05) is 5.75 Å². The maximum Gasteiger partial charge on any atom is -0.000958 e. The van der Waals surface area contributed by atoms with E-state index in [9.17, 15) is 0 Å². The minimum atomic E-state index is 0.798. The summed E-state index contributed by atoms with van der Waals surface area (Å²) in [6.45, 7) is 11.5. The van der Waals surface area contributed by atoms with E-state index in [4.69, 9.17) is 0 Å². The van der Waals surface area contributed by atoms with Gasteiger partial charge in [0.25, 0.3) is 0 Å². The van der Waals surface area contributed by atoms with Gasteiger partial charge in [-0.05, 0) is 29.3 Å². The van der Waals surface area contributed by atoms with Gasteiger partial charge < -0.3 is 0 Å². The predicted octanol–water partition coefficient (Wildman–Crippen LogP) is 4.20. The molecule has 0 heterocycles.